The van der Waals surface area contributed by atoms with Crippen LogP contribution in [0.2, 0.25) is 0 Å². The van der Waals surface area contributed by atoms with E-state index in [4.69, 9.17) is 5.73 Å². The minimum Gasteiger partial charge on any atom is -0.355 e. The summed E-state index contributed by atoms with van der Waals surface area (Å²) >= 11 is 0. The van der Waals surface area contributed by atoms with Crippen molar-refractivity contribution in [1.29, 1.82) is 0 Å². The number of nitrogens with two attached hydrogens (primary N) is 1. The van der Waals surface area contributed by atoms with E-state index in [1.165, 1.54) is 0 Å². The van der Waals surface area contributed by atoms with Gasteiger partial charge in [-0.25, -0.2) is 0 Å². The van der Waals surface area contributed by atoms with Crippen LogP contribution in [0.15, 0.2) is 0 Å². The van der Waals surface area contributed by atoms with E-state index >= 15 is 0 Å². The number of amides is 1. The molecule has 3 nitrogen and oxygen atoms in total. The maximum Gasteiger partial charge on any atom is 0.227 e. The highest BCUT2D eigenvalue weighted by atomic mass is 16.2. The fraction of sp³-hybridized carbons (Fsp3) is 0.933. The molecule has 1 aliphatic rings. The molecular weight excluding hydrogens is 224 g/mol. The highest BCUT2D eigenvalue weighted by Crippen LogP contribution is 2.37. The van der Waals surface area contributed by atoms with Gasteiger partial charge in [-0.1, -0.05) is 40.5 Å². The molecule has 3 N–H and O–H groups in total. The third-order valence-electron chi connectivity index (χ3n) is 4.64. The number of nitrogens with one attached hydrogen (secondary N) is 1. The fourth-order valence-electron chi connectivity index (χ4n) is 3.21. The van der Waals surface area contributed by atoms with Gasteiger partial charge in [0.2, 0.25) is 5.91 Å². The zero-order valence-electron chi connectivity index (χ0n) is 12.5. The number of hydrogen-bond acceptors (Lipinski definition) is 2. The van der Waals surface area contributed by atoms with Crippen molar-refractivity contribution in [2.24, 2.45) is 28.9 Å². The van der Waals surface area contributed by atoms with Gasteiger partial charge in [0.25, 0.3) is 0 Å². The molecule has 0 unspecified atom stereocenters. The van der Waals surface area contributed by atoms with Gasteiger partial charge in [0.1, 0.15) is 0 Å². The van der Waals surface area contributed by atoms with Crippen molar-refractivity contribution < 1.29 is 4.79 Å². The minimum absolute atomic E-state index is 0.189. The second-order valence-electron chi connectivity index (χ2n) is 6.55. The van der Waals surface area contributed by atoms with E-state index in [0.29, 0.717) is 24.3 Å². The summed E-state index contributed by atoms with van der Waals surface area (Å²) in [7, 11) is 0. The number of carbonyl (C=O) groups excluding carboxylic acids is 1. The topological polar surface area (TPSA) is 55.1 Å². The quantitative estimate of drug-likeness (QED) is 0.765. The molecule has 0 heterocycles. The Morgan fingerprint density at radius 3 is 2.06 bits per heavy atom. The van der Waals surface area contributed by atoms with Crippen LogP contribution < -0.4 is 11.1 Å². The lowest BCUT2D eigenvalue weighted by Crippen LogP contribution is -2.46. The molecule has 0 bridgehead atoms. The van der Waals surface area contributed by atoms with Gasteiger partial charge in [-0.2, -0.15) is 0 Å². The van der Waals surface area contributed by atoms with Crippen molar-refractivity contribution in [2.75, 3.05) is 13.1 Å². The van der Waals surface area contributed by atoms with Crippen molar-refractivity contribution in [3.8, 4) is 0 Å². The Balaban J connectivity index is 2.54. The summed E-state index contributed by atoms with van der Waals surface area (Å²) < 4.78 is 0. The molecule has 1 rings (SSSR count). The average molecular weight is 254 g/mol. The van der Waals surface area contributed by atoms with Crippen LogP contribution in [0.1, 0.15) is 53.4 Å². The Bertz CT molecular complexity index is 260. The summed E-state index contributed by atoms with van der Waals surface area (Å²) in [6.45, 7) is 10.2. The van der Waals surface area contributed by atoms with E-state index in [-0.39, 0.29) is 11.3 Å². The highest BCUT2D eigenvalue weighted by molar-refractivity contribution is 5.83. The van der Waals surface area contributed by atoms with Crippen LogP contribution in [0.4, 0.5) is 0 Å². The Labute approximate surface area is 112 Å². The van der Waals surface area contributed by atoms with Gasteiger partial charge < -0.3 is 11.1 Å². The number of carbonyl (C=O) groups is 1. The molecule has 3 heteroatoms. The molecule has 0 aromatic carbocycles. The Kier molecular flexibility index (Phi) is 5.64. The van der Waals surface area contributed by atoms with E-state index in [2.05, 4.69) is 33.0 Å². The first-order valence-electron chi connectivity index (χ1n) is 7.41. The van der Waals surface area contributed by atoms with Crippen LogP contribution in [0, 0.1) is 23.2 Å². The van der Waals surface area contributed by atoms with Crippen molar-refractivity contribution in [1.82, 2.24) is 5.32 Å². The number of hydrogen-bond donors (Lipinski definition) is 2. The maximum absolute atomic E-state index is 12.4. The highest BCUT2D eigenvalue weighted by Gasteiger charge is 2.39. The standard InChI is InChI=1S/C15H30N2O/c1-11(2)13(12(3)4)9-17-14(18)15(10-16)7-5-6-8-15/h11-13H,5-10,16H2,1-4H3,(H,17,18). The smallest absolute Gasteiger partial charge is 0.227 e. The van der Waals surface area contributed by atoms with Gasteiger partial charge in [0, 0.05) is 13.1 Å². The summed E-state index contributed by atoms with van der Waals surface area (Å²) in [5.74, 6) is 1.93. The van der Waals surface area contributed by atoms with E-state index < -0.39 is 0 Å². The van der Waals surface area contributed by atoms with Gasteiger partial charge in [-0.15, -0.1) is 0 Å². The van der Waals surface area contributed by atoms with E-state index in [1.54, 1.807) is 0 Å². The van der Waals surface area contributed by atoms with Crippen LogP contribution in [0.5, 0.6) is 0 Å². The first-order chi connectivity index (χ1) is 8.43. The van der Waals surface area contributed by atoms with E-state index in [1.807, 2.05) is 0 Å². The zero-order chi connectivity index (χ0) is 13.8. The molecule has 0 radical (unpaired) electrons. The van der Waals surface area contributed by atoms with Crippen LogP contribution in [0.3, 0.4) is 0 Å². The second kappa shape index (κ2) is 6.55. The van der Waals surface area contributed by atoms with Crippen LogP contribution >= 0.6 is 0 Å². The van der Waals surface area contributed by atoms with Gasteiger partial charge in [-0.3, -0.25) is 4.79 Å². The molecule has 0 spiro atoms. The molecule has 0 saturated heterocycles. The molecular formula is C15H30N2O. The second-order valence-corrected chi connectivity index (χ2v) is 6.55. The van der Waals surface area contributed by atoms with Gasteiger partial charge in [0.15, 0.2) is 0 Å². The Morgan fingerprint density at radius 2 is 1.67 bits per heavy atom. The van der Waals surface area contributed by atoms with Gasteiger partial charge in [-0.05, 0) is 30.6 Å². The summed E-state index contributed by atoms with van der Waals surface area (Å²) in [5.41, 5.74) is 5.57. The predicted molar refractivity (Wildman–Crippen MR) is 76.1 cm³/mol. The predicted octanol–water partition coefficient (Wildman–Crippen LogP) is 2.55. The average Bonchev–Trinajstić information content (AvgIpc) is 2.77. The Morgan fingerprint density at radius 1 is 1.17 bits per heavy atom. The zero-order valence-corrected chi connectivity index (χ0v) is 12.5. The van der Waals surface area contributed by atoms with Crippen LogP contribution in [-0.4, -0.2) is 19.0 Å². The largest absolute Gasteiger partial charge is 0.355 e. The van der Waals surface area contributed by atoms with Crippen molar-refractivity contribution in [3.63, 3.8) is 0 Å². The minimum atomic E-state index is -0.265. The fourth-order valence-corrected chi connectivity index (χ4v) is 3.21. The SMILES string of the molecule is CC(C)C(CNC(=O)C1(CN)CCCC1)C(C)C. The van der Waals surface area contributed by atoms with Crippen molar-refractivity contribution in [3.05, 3.63) is 0 Å². The molecule has 106 valence electrons. The lowest BCUT2D eigenvalue weighted by atomic mass is 9.83. The molecule has 1 amide bonds. The molecule has 0 atom stereocenters. The first-order valence-corrected chi connectivity index (χ1v) is 7.41. The molecule has 0 aliphatic heterocycles. The van der Waals surface area contributed by atoms with Gasteiger partial charge >= 0.3 is 0 Å². The van der Waals surface area contributed by atoms with Crippen molar-refractivity contribution >= 4 is 5.91 Å². The summed E-state index contributed by atoms with van der Waals surface area (Å²) in [6.07, 6.45) is 4.21. The van der Waals surface area contributed by atoms with Crippen LogP contribution in [0.25, 0.3) is 0 Å². The lowest BCUT2D eigenvalue weighted by Gasteiger charge is -2.30. The lowest BCUT2D eigenvalue weighted by molar-refractivity contribution is -0.130. The van der Waals surface area contributed by atoms with E-state index in [9.17, 15) is 4.79 Å². The van der Waals surface area contributed by atoms with E-state index in [0.717, 1.165) is 32.2 Å². The monoisotopic (exact) mass is 254 g/mol. The normalized spacial score (nSPS) is 18.9. The van der Waals surface area contributed by atoms with Crippen molar-refractivity contribution in [2.45, 2.75) is 53.4 Å². The molecule has 0 aromatic rings. The summed E-state index contributed by atoms with van der Waals surface area (Å²) in [4.78, 5) is 12.4. The van der Waals surface area contributed by atoms with Gasteiger partial charge in [0.05, 0.1) is 5.41 Å². The summed E-state index contributed by atoms with van der Waals surface area (Å²) in [5, 5.41) is 3.16. The Hall–Kier alpha value is -0.570. The molecule has 0 aromatic heterocycles. The molecule has 1 saturated carbocycles. The first kappa shape index (κ1) is 15.5. The molecule has 18 heavy (non-hydrogen) atoms. The molecule has 1 fully saturated rings. The third kappa shape index (κ3) is 3.47. The van der Waals surface area contributed by atoms with Crippen LogP contribution in [-0.2, 0) is 4.79 Å². The molecule has 1 aliphatic carbocycles. The number of rotatable bonds is 6. The summed E-state index contributed by atoms with van der Waals surface area (Å²) in [6, 6.07) is 0. The maximum atomic E-state index is 12.4. The third-order valence-corrected chi connectivity index (χ3v) is 4.64.